The van der Waals surface area contributed by atoms with E-state index in [0.29, 0.717) is 11.3 Å². The van der Waals surface area contributed by atoms with Crippen LogP contribution >= 0.6 is 11.5 Å². The Morgan fingerprint density at radius 3 is 2.18 bits per heavy atom. The van der Waals surface area contributed by atoms with E-state index in [4.69, 9.17) is 0 Å². The van der Waals surface area contributed by atoms with Gasteiger partial charge < -0.3 is 5.32 Å². The van der Waals surface area contributed by atoms with Crippen LogP contribution < -0.4 is 5.32 Å². The van der Waals surface area contributed by atoms with Crippen LogP contribution in [0.25, 0.3) is 0 Å². The molecular formula is C13H25N3S. The highest BCUT2D eigenvalue weighted by Crippen LogP contribution is 2.27. The Labute approximate surface area is 109 Å². The summed E-state index contributed by atoms with van der Waals surface area (Å²) in [6, 6.07) is 0. The average Bonchev–Trinajstić information content (AvgIpc) is 2.59. The summed E-state index contributed by atoms with van der Waals surface area (Å²) in [6.07, 6.45) is 0. The maximum atomic E-state index is 4.53. The summed E-state index contributed by atoms with van der Waals surface area (Å²) in [6.45, 7) is 16.4. The second kappa shape index (κ2) is 4.92. The molecule has 1 aromatic heterocycles. The number of rotatable bonds is 3. The molecular weight excluding hydrogens is 230 g/mol. The SMILES string of the molecule is CC(CNc1nc(C(C)(C)C)ns1)C(C)(C)C. The van der Waals surface area contributed by atoms with Gasteiger partial charge in [-0.1, -0.05) is 48.5 Å². The monoisotopic (exact) mass is 255 g/mol. The van der Waals surface area contributed by atoms with Crippen LogP contribution in [-0.2, 0) is 5.41 Å². The first kappa shape index (κ1) is 14.4. The fourth-order valence-electron chi connectivity index (χ4n) is 1.15. The number of nitrogens with zero attached hydrogens (tertiary/aromatic N) is 2. The van der Waals surface area contributed by atoms with Gasteiger partial charge in [-0.15, -0.1) is 0 Å². The van der Waals surface area contributed by atoms with E-state index in [1.807, 2.05) is 0 Å². The smallest absolute Gasteiger partial charge is 0.202 e. The van der Waals surface area contributed by atoms with E-state index in [9.17, 15) is 0 Å². The molecule has 0 saturated carbocycles. The van der Waals surface area contributed by atoms with Crippen LogP contribution in [0.5, 0.6) is 0 Å². The zero-order valence-electron chi connectivity index (χ0n) is 12.1. The molecule has 3 nitrogen and oxygen atoms in total. The van der Waals surface area contributed by atoms with E-state index < -0.39 is 0 Å². The Morgan fingerprint density at radius 2 is 1.76 bits per heavy atom. The molecule has 0 fully saturated rings. The fourth-order valence-corrected chi connectivity index (χ4v) is 1.91. The zero-order valence-corrected chi connectivity index (χ0v) is 12.9. The topological polar surface area (TPSA) is 37.8 Å². The summed E-state index contributed by atoms with van der Waals surface area (Å²) in [5.74, 6) is 1.53. The second-order valence-electron chi connectivity index (χ2n) is 6.82. The van der Waals surface area contributed by atoms with Gasteiger partial charge in [0.05, 0.1) is 0 Å². The third-order valence-electron chi connectivity index (χ3n) is 3.13. The second-order valence-corrected chi connectivity index (χ2v) is 7.57. The third kappa shape index (κ3) is 4.26. The van der Waals surface area contributed by atoms with E-state index in [1.54, 1.807) is 0 Å². The minimum atomic E-state index is 0.0338. The Bertz CT molecular complexity index is 357. The predicted molar refractivity (Wildman–Crippen MR) is 75.7 cm³/mol. The summed E-state index contributed by atoms with van der Waals surface area (Å²) < 4.78 is 4.40. The number of aromatic nitrogens is 2. The van der Waals surface area contributed by atoms with Crippen molar-refractivity contribution < 1.29 is 0 Å². The van der Waals surface area contributed by atoms with E-state index in [0.717, 1.165) is 17.5 Å². The van der Waals surface area contributed by atoms with Crippen LogP contribution in [0.1, 0.15) is 54.3 Å². The first-order valence-corrected chi connectivity index (χ1v) is 6.96. The molecule has 1 rings (SSSR count). The highest BCUT2D eigenvalue weighted by molar-refractivity contribution is 7.09. The summed E-state index contributed by atoms with van der Waals surface area (Å²) >= 11 is 1.46. The predicted octanol–water partition coefficient (Wildman–Crippen LogP) is 3.93. The maximum Gasteiger partial charge on any atom is 0.202 e. The fraction of sp³-hybridized carbons (Fsp3) is 0.846. The zero-order chi connectivity index (χ0) is 13.3. The lowest BCUT2D eigenvalue weighted by Crippen LogP contribution is -2.24. The van der Waals surface area contributed by atoms with Gasteiger partial charge in [0, 0.05) is 23.5 Å². The lowest BCUT2D eigenvalue weighted by atomic mass is 9.82. The van der Waals surface area contributed by atoms with Crippen molar-refractivity contribution in [3.05, 3.63) is 5.82 Å². The Morgan fingerprint density at radius 1 is 1.18 bits per heavy atom. The Kier molecular flexibility index (Phi) is 4.18. The van der Waals surface area contributed by atoms with Gasteiger partial charge in [-0.3, -0.25) is 0 Å². The van der Waals surface area contributed by atoms with Crippen LogP contribution in [0.3, 0.4) is 0 Å². The van der Waals surface area contributed by atoms with Crippen LogP contribution in [0.15, 0.2) is 0 Å². The molecule has 0 aliphatic heterocycles. The number of hydrogen-bond acceptors (Lipinski definition) is 4. The summed E-state index contributed by atoms with van der Waals surface area (Å²) in [4.78, 5) is 4.53. The standard InChI is InChI=1S/C13H25N3S/c1-9(12(2,3)4)8-14-11-15-10(16-17-11)13(5,6)7/h9H,8H2,1-7H3,(H,14,15,16). The number of hydrogen-bond donors (Lipinski definition) is 1. The van der Waals surface area contributed by atoms with Crippen molar-refractivity contribution in [2.75, 3.05) is 11.9 Å². The van der Waals surface area contributed by atoms with Crippen molar-refractivity contribution in [3.8, 4) is 0 Å². The van der Waals surface area contributed by atoms with E-state index in [-0.39, 0.29) is 5.41 Å². The van der Waals surface area contributed by atoms with Gasteiger partial charge in [0.1, 0.15) is 5.82 Å². The van der Waals surface area contributed by atoms with Crippen molar-refractivity contribution in [3.63, 3.8) is 0 Å². The molecule has 0 bridgehead atoms. The third-order valence-corrected chi connectivity index (χ3v) is 3.81. The van der Waals surface area contributed by atoms with Crippen LogP contribution in [-0.4, -0.2) is 15.9 Å². The molecule has 0 aliphatic rings. The Hall–Kier alpha value is -0.640. The molecule has 17 heavy (non-hydrogen) atoms. The average molecular weight is 255 g/mol. The molecule has 98 valence electrons. The van der Waals surface area contributed by atoms with Crippen molar-refractivity contribution in [2.45, 2.75) is 53.9 Å². The normalized spacial score (nSPS) is 14.8. The lowest BCUT2D eigenvalue weighted by Gasteiger charge is -2.27. The highest BCUT2D eigenvalue weighted by Gasteiger charge is 2.22. The molecule has 0 amide bonds. The molecule has 1 unspecified atom stereocenters. The van der Waals surface area contributed by atoms with Crippen molar-refractivity contribution in [2.24, 2.45) is 11.3 Å². The van der Waals surface area contributed by atoms with Gasteiger partial charge >= 0.3 is 0 Å². The van der Waals surface area contributed by atoms with Gasteiger partial charge in [0.25, 0.3) is 0 Å². The van der Waals surface area contributed by atoms with Gasteiger partial charge in [0.2, 0.25) is 5.13 Å². The molecule has 1 atom stereocenters. The van der Waals surface area contributed by atoms with Crippen molar-refractivity contribution in [1.82, 2.24) is 9.36 Å². The van der Waals surface area contributed by atoms with Crippen LogP contribution in [0.4, 0.5) is 5.13 Å². The summed E-state index contributed by atoms with van der Waals surface area (Å²) in [5.41, 5.74) is 0.358. The van der Waals surface area contributed by atoms with Gasteiger partial charge in [-0.05, 0) is 11.3 Å². The minimum absolute atomic E-state index is 0.0338. The van der Waals surface area contributed by atoms with Gasteiger partial charge in [-0.25, -0.2) is 4.98 Å². The summed E-state index contributed by atoms with van der Waals surface area (Å²) in [7, 11) is 0. The number of nitrogens with one attached hydrogen (secondary N) is 1. The molecule has 0 aromatic carbocycles. The van der Waals surface area contributed by atoms with Crippen molar-refractivity contribution in [1.29, 1.82) is 0 Å². The first-order valence-electron chi connectivity index (χ1n) is 6.19. The van der Waals surface area contributed by atoms with Crippen LogP contribution in [0, 0.1) is 11.3 Å². The van der Waals surface area contributed by atoms with Crippen molar-refractivity contribution >= 4 is 16.7 Å². The van der Waals surface area contributed by atoms with Gasteiger partial charge in [-0.2, -0.15) is 4.37 Å². The molecule has 4 heteroatoms. The van der Waals surface area contributed by atoms with E-state index >= 15 is 0 Å². The van der Waals surface area contributed by atoms with Gasteiger partial charge in [0.15, 0.2) is 0 Å². The minimum Gasteiger partial charge on any atom is -0.360 e. The largest absolute Gasteiger partial charge is 0.360 e. The summed E-state index contributed by atoms with van der Waals surface area (Å²) in [5, 5.41) is 4.32. The van der Waals surface area contributed by atoms with E-state index in [2.05, 4.69) is 63.1 Å². The van der Waals surface area contributed by atoms with Crippen LogP contribution in [0.2, 0.25) is 0 Å². The molecule has 0 radical (unpaired) electrons. The quantitative estimate of drug-likeness (QED) is 0.889. The highest BCUT2D eigenvalue weighted by atomic mass is 32.1. The number of anilines is 1. The molecule has 1 N–H and O–H groups in total. The molecule has 0 saturated heterocycles. The first-order chi connectivity index (χ1) is 7.60. The molecule has 0 spiro atoms. The lowest BCUT2D eigenvalue weighted by molar-refractivity contribution is 0.274. The maximum absolute atomic E-state index is 4.53. The van der Waals surface area contributed by atoms with E-state index in [1.165, 1.54) is 11.5 Å². The molecule has 1 heterocycles. The molecule has 1 aromatic rings. The Balaban J connectivity index is 2.57. The molecule has 0 aliphatic carbocycles.